The summed E-state index contributed by atoms with van der Waals surface area (Å²) in [5, 5.41) is 2.80. The van der Waals surface area contributed by atoms with Gasteiger partial charge in [0.05, 0.1) is 21.9 Å². The maximum Gasteiger partial charge on any atom is 0.260 e. The second-order valence-electron chi connectivity index (χ2n) is 6.33. The van der Waals surface area contributed by atoms with Crippen LogP contribution in [0.4, 0.5) is 13.9 Å². The lowest BCUT2D eigenvalue weighted by atomic mass is 10.1. The molecule has 0 aliphatic carbocycles. The number of halogens is 2. The fourth-order valence-corrected chi connectivity index (χ4v) is 4.53. The second-order valence-corrected chi connectivity index (χ2v) is 9.69. The van der Waals surface area contributed by atoms with Crippen molar-refractivity contribution in [3.8, 4) is 0 Å². The Morgan fingerprint density at radius 2 is 1.83 bits per heavy atom. The minimum absolute atomic E-state index is 0.112. The molecule has 1 aromatic heterocycles. The van der Waals surface area contributed by atoms with Crippen LogP contribution in [0.15, 0.2) is 47.4 Å². The number of benzene rings is 2. The first-order valence-electron chi connectivity index (χ1n) is 8.74. The van der Waals surface area contributed by atoms with E-state index in [-0.39, 0.29) is 27.2 Å². The molecule has 3 rings (SSSR count). The highest BCUT2D eigenvalue weighted by molar-refractivity contribution is 7.91. The van der Waals surface area contributed by atoms with Crippen LogP contribution in [0.3, 0.4) is 0 Å². The Morgan fingerprint density at radius 1 is 1.14 bits per heavy atom. The quantitative estimate of drug-likeness (QED) is 0.583. The third-order valence-electron chi connectivity index (χ3n) is 4.31. The fraction of sp³-hybridized carbons (Fsp3) is 0.200. The van der Waals surface area contributed by atoms with Crippen LogP contribution in [-0.2, 0) is 16.3 Å². The monoisotopic (exact) mass is 436 g/mol. The third-order valence-corrected chi connectivity index (χ3v) is 7.12. The van der Waals surface area contributed by atoms with E-state index in [2.05, 4.69) is 10.3 Å². The molecule has 0 fully saturated rings. The molecule has 5 nitrogen and oxygen atoms in total. The molecule has 0 aliphatic rings. The van der Waals surface area contributed by atoms with Gasteiger partial charge in [0.15, 0.2) is 15.0 Å². The summed E-state index contributed by atoms with van der Waals surface area (Å²) in [6, 6.07) is 9.21. The Kier molecular flexibility index (Phi) is 6.09. The lowest BCUT2D eigenvalue weighted by molar-refractivity contribution is 0.102. The number of hydrogen-bond acceptors (Lipinski definition) is 5. The second kappa shape index (κ2) is 8.38. The molecule has 0 radical (unpaired) electrons. The third kappa shape index (κ3) is 4.86. The maximum atomic E-state index is 14.1. The number of rotatable bonds is 6. The van der Waals surface area contributed by atoms with E-state index in [0.717, 1.165) is 28.6 Å². The van der Waals surface area contributed by atoms with E-state index >= 15 is 0 Å². The molecule has 0 saturated carbocycles. The van der Waals surface area contributed by atoms with Crippen molar-refractivity contribution in [3.63, 3.8) is 0 Å². The minimum Gasteiger partial charge on any atom is -0.298 e. The first-order valence-corrected chi connectivity index (χ1v) is 11.2. The number of nitrogens with one attached hydrogen (secondary N) is 1. The summed E-state index contributed by atoms with van der Waals surface area (Å²) in [5.41, 5.74) is 1.21. The molecule has 0 aliphatic heterocycles. The highest BCUT2D eigenvalue weighted by Gasteiger charge is 2.20. The smallest absolute Gasteiger partial charge is 0.260 e. The molecular formula is C20H18F2N2O3S2. The zero-order chi connectivity index (χ0) is 21.2. The first kappa shape index (κ1) is 21.1. The number of anilines is 1. The van der Waals surface area contributed by atoms with Gasteiger partial charge in [-0.1, -0.05) is 19.1 Å². The molecule has 29 heavy (non-hydrogen) atoms. The van der Waals surface area contributed by atoms with Crippen LogP contribution in [0.2, 0.25) is 0 Å². The van der Waals surface area contributed by atoms with Crippen LogP contribution < -0.4 is 5.32 Å². The lowest BCUT2D eigenvalue weighted by Crippen LogP contribution is -2.15. The lowest BCUT2D eigenvalue weighted by Gasteiger charge is -2.06. The number of carbonyl (C=O) groups excluding carboxylic acids is 1. The van der Waals surface area contributed by atoms with Gasteiger partial charge in [0.2, 0.25) is 0 Å². The summed E-state index contributed by atoms with van der Waals surface area (Å²) in [4.78, 5) is 17.5. The first-order chi connectivity index (χ1) is 13.7. The maximum absolute atomic E-state index is 14.1. The van der Waals surface area contributed by atoms with Gasteiger partial charge in [-0.25, -0.2) is 22.2 Å². The Bertz CT molecular complexity index is 1160. The number of nitrogens with zero attached hydrogens (tertiary/aromatic N) is 1. The average Bonchev–Trinajstić information content (AvgIpc) is 3.02. The molecule has 152 valence electrons. The van der Waals surface area contributed by atoms with Gasteiger partial charge in [0.1, 0.15) is 11.6 Å². The topological polar surface area (TPSA) is 76.1 Å². The fourth-order valence-electron chi connectivity index (χ4n) is 2.64. The van der Waals surface area contributed by atoms with E-state index < -0.39 is 21.6 Å². The van der Waals surface area contributed by atoms with E-state index in [0.29, 0.717) is 12.1 Å². The van der Waals surface area contributed by atoms with Gasteiger partial charge in [-0.2, -0.15) is 0 Å². The normalized spacial score (nSPS) is 11.4. The molecule has 9 heteroatoms. The molecule has 0 bridgehead atoms. The average molecular weight is 437 g/mol. The van der Waals surface area contributed by atoms with E-state index in [1.54, 1.807) is 19.1 Å². The number of aryl methyl sites for hydroxylation is 1. The van der Waals surface area contributed by atoms with E-state index in [1.807, 2.05) is 0 Å². The Morgan fingerprint density at radius 3 is 2.48 bits per heavy atom. The molecule has 1 amide bonds. The molecule has 2 aromatic carbocycles. The highest BCUT2D eigenvalue weighted by atomic mass is 32.2. The number of thiazole rings is 1. The van der Waals surface area contributed by atoms with Crippen LogP contribution in [0.1, 0.15) is 33.4 Å². The van der Waals surface area contributed by atoms with Gasteiger partial charge in [-0.05, 0) is 42.8 Å². The number of carbonyl (C=O) groups is 1. The van der Waals surface area contributed by atoms with Gasteiger partial charge in [0, 0.05) is 11.3 Å². The summed E-state index contributed by atoms with van der Waals surface area (Å²) in [6.07, 6.45) is 0.512. The molecular weight excluding hydrogens is 418 g/mol. The number of amides is 1. The van der Waals surface area contributed by atoms with Crippen LogP contribution in [-0.4, -0.2) is 25.1 Å². The van der Waals surface area contributed by atoms with Crippen molar-refractivity contribution in [1.82, 2.24) is 4.98 Å². The number of sulfone groups is 1. The van der Waals surface area contributed by atoms with Crippen molar-refractivity contribution >= 4 is 32.2 Å². The molecule has 1 heterocycles. The van der Waals surface area contributed by atoms with Crippen molar-refractivity contribution in [2.24, 2.45) is 0 Å². The van der Waals surface area contributed by atoms with Gasteiger partial charge in [-0.15, -0.1) is 11.3 Å². The van der Waals surface area contributed by atoms with Crippen LogP contribution in [0.25, 0.3) is 0 Å². The minimum atomic E-state index is -3.57. The SMILES string of the molecule is CCS(=O)(=O)c1ccc(F)c(C(=O)Nc2nc(C)c(Cc3ccc(F)cc3)s2)c1. The van der Waals surface area contributed by atoms with Gasteiger partial charge in [0.25, 0.3) is 5.91 Å². The van der Waals surface area contributed by atoms with Crippen molar-refractivity contribution < 1.29 is 22.0 Å². The van der Waals surface area contributed by atoms with Crippen molar-refractivity contribution in [1.29, 1.82) is 0 Å². The molecule has 0 saturated heterocycles. The van der Waals surface area contributed by atoms with Crippen molar-refractivity contribution in [2.45, 2.75) is 25.2 Å². The predicted molar refractivity (Wildman–Crippen MR) is 108 cm³/mol. The van der Waals surface area contributed by atoms with Crippen molar-refractivity contribution in [3.05, 3.63) is 75.8 Å². The van der Waals surface area contributed by atoms with Crippen LogP contribution in [0.5, 0.6) is 0 Å². The molecule has 0 spiro atoms. The molecule has 1 N–H and O–H groups in total. The molecule has 0 atom stereocenters. The predicted octanol–water partition coefficient (Wildman–Crippen LogP) is 4.37. The summed E-state index contributed by atoms with van der Waals surface area (Å²) in [5.74, 6) is -2.08. The van der Waals surface area contributed by atoms with Crippen LogP contribution in [0, 0.1) is 18.6 Å². The van der Waals surface area contributed by atoms with E-state index in [1.165, 1.54) is 30.4 Å². The summed E-state index contributed by atoms with van der Waals surface area (Å²) in [7, 11) is -3.57. The standard InChI is InChI=1S/C20H18F2N2O3S2/c1-3-29(26,27)15-8-9-17(22)16(11-15)19(25)24-20-23-12(2)18(28-20)10-13-4-6-14(21)7-5-13/h4-9,11H,3,10H2,1-2H3,(H,23,24,25). The Hall–Kier alpha value is -2.65. The Labute approximate surface area is 171 Å². The molecule has 0 unspecified atom stereocenters. The van der Waals surface area contributed by atoms with Crippen LogP contribution >= 0.6 is 11.3 Å². The number of aromatic nitrogens is 1. The molecule has 3 aromatic rings. The number of hydrogen-bond donors (Lipinski definition) is 1. The van der Waals surface area contributed by atoms with E-state index in [4.69, 9.17) is 0 Å². The summed E-state index contributed by atoms with van der Waals surface area (Å²) in [6.45, 7) is 3.25. The zero-order valence-corrected chi connectivity index (χ0v) is 17.3. The van der Waals surface area contributed by atoms with Gasteiger partial charge in [-0.3, -0.25) is 10.1 Å². The Balaban J connectivity index is 1.81. The van der Waals surface area contributed by atoms with Crippen molar-refractivity contribution in [2.75, 3.05) is 11.1 Å². The largest absolute Gasteiger partial charge is 0.298 e. The summed E-state index contributed by atoms with van der Waals surface area (Å²) >= 11 is 1.22. The van der Waals surface area contributed by atoms with Gasteiger partial charge >= 0.3 is 0 Å². The van der Waals surface area contributed by atoms with E-state index in [9.17, 15) is 22.0 Å². The van der Waals surface area contributed by atoms with Gasteiger partial charge < -0.3 is 0 Å². The summed E-state index contributed by atoms with van der Waals surface area (Å²) < 4.78 is 51.2. The highest BCUT2D eigenvalue weighted by Crippen LogP contribution is 2.26. The zero-order valence-electron chi connectivity index (χ0n) is 15.7.